The molecule has 6 heteroatoms. The van der Waals surface area contributed by atoms with Gasteiger partial charge in [0.2, 0.25) is 5.91 Å². The fourth-order valence-electron chi connectivity index (χ4n) is 3.63. The molecule has 0 aliphatic carbocycles. The van der Waals surface area contributed by atoms with E-state index in [-0.39, 0.29) is 5.88 Å². The largest absolute Gasteiger partial charge is 0.494 e. The van der Waals surface area contributed by atoms with Crippen molar-refractivity contribution < 1.29 is 9.90 Å². The van der Waals surface area contributed by atoms with Crippen LogP contribution in [0.3, 0.4) is 0 Å². The van der Waals surface area contributed by atoms with E-state index in [1.165, 1.54) is 19.3 Å². The molecule has 1 amide bonds. The van der Waals surface area contributed by atoms with E-state index >= 15 is 0 Å². The maximum absolute atomic E-state index is 11.5. The molecule has 4 rings (SSSR count). The quantitative estimate of drug-likeness (QED) is 0.674. The molecule has 0 unspecified atom stereocenters. The lowest BCUT2D eigenvalue weighted by atomic mass is 10.1. The Bertz CT molecular complexity index is 940. The Hall–Kier alpha value is -2.86. The van der Waals surface area contributed by atoms with Gasteiger partial charge in [0, 0.05) is 29.2 Å². The molecule has 26 heavy (non-hydrogen) atoms. The summed E-state index contributed by atoms with van der Waals surface area (Å²) in [6.07, 6.45) is 5.70. The summed E-state index contributed by atoms with van der Waals surface area (Å²) in [7, 11) is 0. The number of piperidine rings is 1. The van der Waals surface area contributed by atoms with Crippen molar-refractivity contribution in [2.24, 2.45) is 5.73 Å². The molecule has 0 saturated carbocycles. The van der Waals surface area contributed by atoms with E-state index in [1.807, 2.05) is 18.3 Å². The van der Waals surface area contributed by atoms with Crippen LogP contribution in [-0.2, 0) is 6.54 Å². The van der Waals surface area contributed by atoms with Crippen LogP contribution in [0.15, 0.2) is 36.5 Å². The molecular formula is C20H22N4O2. The lowest BCUT2D eigenvalue weighted by Crippen LogP contribution is -2.29. The number of fused-ring (bicyclic) bond motifs is 1. The zero-order valence-electron chi connectivity index (χ0n) is 14.5. The van der Waals surface area contributed by atoms with E-state index in [9.17, 15) is 9.90 Å². The van der Waals surface area contributed by atoms with Gasteiger partial charge in [-0.1, -0.05) is 12.5 Å². The number of nitrogens with one attached hydrogen (secondary N) is 1. The number of primary amides is 1. The van der Waals surface area contributed by atoms with Crippen molar-refractivity contribution in [3.63, 3.8) is 0 Å². The summed E-state index contributed by atoms with van der Waals surface area (Å²) < 4.78 is 0. The molecule has 4 N–H and O–H groups in total. The number of benzene rings is 1. The summed E-state index contributed by atoms with van der Waals surface area (Å²) in [5.41, 5.74) is 8.93. The number of rotatable bonds is 4. The Morgan fingerprint density at radius 1 is 1.19 bits per heavy atom. The van der Waals surface area contributed by atoms with Gasteiger partial charge >= 0.3 is 0 Å². The lowest BCUT2D eigenvalue weighted by molar-refractivity contribution is 0.100. The molecule has 1 aliphatic rings. The minimum absolute atomic E-state index is 0.0397. The third kappa shape index (κ3) is 3.15. The van der Waals surface area contributed by atoms with Crippen molar-refractivity contribution in [3.05, 3.63) is 47.7 Å². The van der Waals surface area contributed by atoms with Crippen molar-refractivity contribution in [2.45, 2.75) is 25.8 Å². The van der Waals surface area contributed by atoms with Crippen molar-refractivity contribution in [2.75, 3.05) is 13.1 Å². The summed E-state index contributed by atoms with van der Waals surface area (Å²) in [5.74, 6) is -0.457. The number of carbonyl (C=O) groups excluding carboxylic acids is 1. The standard InChI is InChI=1S/C20H22N4O2/c21-19(25)14-5-7-16-15(10-14)18(20(26)23-16)17-6-4-13(11-22-17)12-24-8-2-1-3-9-24/h4-7,10-11,23,26H,1-3,8-9,12H2,(H2,21,25). The zero-order chi connectivity index (χ0) is 18.1. The van der Waals surface area contributed by atoms with Crippen LogP contribution in [0.25, 0.3) is 22.2 Å². The van der Waals surface area contributed by atoms with Gasteiger partial charge < -0.3 is 15.8 Å². The molecule has 0 atom stereocenters. The number of aromatic nitrogens is 2. The second-order valence-electron chi connectivity index (χ2n) is 6.86. The summed E-state index contributed by atoms with van der Waals surface area (Å²) in [6.45, 7) is 3.18. The molecule has 134 valence electrons. The number of hydrogen-bond donors (Lipinski definition) is 3. The second kappa shape index (κ2) is 6.80. The van der Waals surface area contributed by atoms with Gasteiger partial charge in [0.15, 0.2) is 5.88 Å². The summed E-state index contributed by atoms with van der Waals surface area (Å²) >= 11 is 0. The SMILES string of the molecule is NC(=O)c1ccc2[nH]c(O)c(-c3ccc(CN4CCCCC4)cn3)c2c1. The first-order chi connectivity index (χ1) is 12.6. The average molecular weight is 350 g/mol. The Morgan fingerprint density at radius 2 is 2.00 bits per heavy atom. The number of likely N-dealkylation sites (tertiary alicyclic amines) is 1. The van der Waals surface area contributed by atoms with E-state index in [0.29, 0.717) is 16.8 Å². The minimum atomic E-state index is -0.497. The highest BCUT2D eigenvalue weighted by Crippen LogP contribution is 2.36. The summed E-state index contributed by atoms with van der Waals surface area (Å²) in [5, 5.41) is 11.1. The maximum Gasteiger partial charge on any atom is 0.248 e. The lowest BCUT2D eigenvalue weighted by Gasteiger charge is -2.26. The summed E-state index contributed by atoms with van der Waals surface area (Å²) in [6, 6.07) is 9.03. The van der Waals surface area contributed by atoms with Gasteiger partial charge in [-0.25, -0.2) is 0 Å². The van der Waals surface area contributed by atoms with Gasteiger partial charge in [-0.3, -0.25) is 14.7 Å². The van der Waals surface area contributed by atoms with Crippen molar-refractivity contribution in [3.8, 4) is 17.1 Å². The third-order valence-corrected chi connectivity index (χ3v) is 5.00. The first-order valence-corrected chi connectivity index (χ1v) is 8.94. The molecule has 3 heterocycles. The summed E-state index contributed by atoms with van der Waals surface area (Å²) in [4.78, 5) is 21.4. The molecule has 2 aromatic heterocycles. The van der Waals surface area contributed by atoms with Crippen LogP contribution in [-0.4, -0.2) is 39.0 Å². The first kappa shape index (κ1) is 16.6. The molecule has 1 aliphatic heterocycles. The Balaban J connectivity index is 1.65. The van der Waals surface area contributed by atoms with Gasteiger partial charge in [-0.15, -0.1) is 0 Å². The number of nitrogens with two attached hydrogens (primary N) is 1. The van der Waals surface area contributed by atoms with E-state index in [2.05, 4.69) is 14.9 Å². The van der Waals surface area contributed by atoms with Gasteiger partial charge in [-0.2, -0.15) is 0 Å². The monoisotopic (exact) mass is 350 g/mol. The van der Waals surface area contributed by atoms with Crippen molar-refractivity contribution in [1.29, 1.82) is 0 Å². The number of nitrogens with zero attached hydrogens (tertiary/aromatic N) is 2. The van der Waals surface area contributed by atoms with E-state index < -0.39 is 5.91 Å². The van der Waals surface area contributed by atoms with Crippen LogP contribution in [0.5, 0.6) is 5.88 Å². The maximum atomic E-state index is 11.5. The van der Waals surface area contributed by atoms with Crippen LogP contribution in [0.2, 0.25) is 0 Å². The third-order valence-electron chi connectivity index (χ3n) is 5.00. The Kier molecular flexibility index (Phi) is 4.34. The fraction of sp³-hybridized carbons (Fsp3) is 0.300. The zero-order valence-corrected chi connectivity index (χ0v) is 14.5. The molecule has 1 aromatic carbocycles. The molecular weight excluding hydrogens is 328 g/mol. The van der Waals surface area contributed by atoms with Crippen LogP contribution in [0.1, 0.15) is 35.2 Å². The molecule has 3 aromatic rings. The van der Waals surface area contributed by atoms with Crippen molar-refractivity contribution >= 4 is 16.8 Å². The molecule has 6 nitrogen and oxygen atoms in total. The van der Waals surface area contributed by atoms with Crippen LogP contribution >= 0.6 is 0 Å². The molecule has 0 spiro atoms. The predicted octanol–water partition coefficient (Wildman–Crippen LogP) is 3.02. The van der Waals surface area contributed by atoms with Crippen molar-refractivity contribution in [1.82, 2.24) is 14.9 Å². The Morgan fingerprint density at radius 3 is 2.69 bits per heavy atom. The minimum Gasteiger partial charge on any atom is -0.494 e. The number of aromatic amines is 1. The predicted molar refractivity (Wildman–Crippen MR) is 101 cm³/mol. The van der Waals surface area contributed by atoms with Crippen LogP contribution in [0.4, 0.5) is 0 Å². The highest BCUT2D eigenvalue weighted by atomic mass is 16.3. The highest BCUT2D eigenvalue weighted by Gasteiger charge is 2.16. The normalized spacial score (nSPS) is 15.4. The number of H-pyrrole nitrogens is 1. The van der Waals surface area contributed by atoms with E-state index in [0.717, 1.165) is 36.1 Å². The topological polar surface area (TPSA) is 95.2 Å². The number of pyridine rings is 1. The highest BCUT2D eigenvalue weighted by molar-refractivity contribution is 6.03. The Labute approximate surface area is 151 Å². The number of carbonyl (C=O) groups is 1. The molecule has 0 radical (unpaired) electrons. The average Bonchev–Trinajstić information content (AvgIpc) is 2.98. The number of aromatic hydroxyl groups is 1. The second-order valence-corrected chi connectivity index (χ2v) is 6.86. The van der Waals surface area contributed by atoms with Gasteiger partial charge in [0.25, 0.3) is 0 Å². The van der Waals surface area contributed by atoms with Gasteiger partial charge in [0.1, 0.15) is 0 Å². The fourth-order valence-corrected chi connectivity index (χ4v) is 3.63. The number of hydrogen-bond acceptors (Lipinski definition) is 4. The molecule has 1 fully saturated rings. The van der Waals surface area contributed by atoms with Gasteiger partial charge in [-0.05, 0) is 55.8 Å². The van der Waals surface area contributed by atoms with Crippen LogP contribution < -0.4 is 5.73 Å². The number of amides is 1. The van der Waals surface area contributed by atoms with E-state index in [1.54, 1.807) is 18.2 Å². The molecule has 0 bridgehead atoms. The van der Waals surface area contributed by atoms with E-state index in [4.69, 9.17) is 5.73 Å². The molecule has 1 saturated heterocycles. The van der Waals surface area contributed by atoms with Crippen LogP contribution in [0, 0.1) is 0 Å². The smallest absolute Gasteiger partial charge is 0.248 e. The first-order valence-electron chi connectivity index (χ1n) is 8.94. The van der Waals surface area contributed by atoms with Gasteiger partial charge in [0.05, 0.1) is 11.3 Å².